The normalized spacial score (nSPS) is 16.2. The first-order valence-corrected chi connectivity index (χ1v) is 11.6. The van der Waals surface area contributed by atoms with Crippen LogP contribution in [0.5, 0.6) is 0 Å². The fourth-order valence-corrected chi connectivity index (χ4v) is 4.96. The molecule has 2 amide bonds. The van der Waals surface area contributed by atoms with Crippen LogP contribution in [0, 0.1) is 0 Å². The summed E-state index contributed by atoms with van der Waals surface area (Å²) in [4.78, 5) is 27.6. The fourth-order valence-electron chi connectivity index (χ4n) is 4.77. The van der Waals surface area contributed by atoms with Crippen molar-refractivity contribution in [3.05, 3.63) is 88.4 Å². The number of hydrogen-bond donors (Lipinski definition) is 1. The molecular weight excluding hydrogens is 420 g/mol. The van der Waals surface area contributed by atoms with Gasteiger partial charge < -0.3 is 10.2 Å². The molecule has 1 saturated carbocycles. The fraction of sp³-hybridized carbons (Fsp3) is 0.259. The van der Waals surface area contributed by atoms with E-state index in [0.29, 0.717) is 22.3 Å². The van der Waals surface area contributed by atoms with E-state index < -0.39 is 0 Å². The molecule has 5 heteroatoms. The number of anilines is 1. The SMILES string of the molecule is O=C(Nc1ccc(-c2ccc3c(c2)C(=O)N(C2CCCCC2)C3)cc1)c1cccc(Cl)c1. The van der Waals surface area contributed by atoms with Gasteiger partial charge in [0.2, 0.25) is 0 Å². The highest BCUT2D eigenvalue weighted by molar-refractivity contribution is 6.31. The van der Waals surface area contributed by atoms with E-state index in [2.05, 4.69) is 22.3 Å². The second-order valence-corrected chi connectivity index (χ2v) is 9.08. The maximum Gasteiger partial charge on any atom is 0.255 e. The summed E-state index contributed by atoms with van der Waals surface area (Å²) in [6.07, 6.45) is 5.96. The molecule has 162 valence electrons. The van der Waals surface area contributed by atoms with Crippen LogP contribution in [0.15, 0.2) is 66.7 Å². The van der Waals surface area contributed by atoms with Crippen molar-refractivity contribution in [2.24, 2.45) is 0 Å². The van der Waals surface area contributed by atoms with Crippen molar-refractivity contribution in [2.45, 2.75) is 44.7 Å². The van der Waals surface area contributed by atoms with Crippen LogP contribution in [0.1, 0.15) is 58.4 Å². The summed E-state index contributed by atoms with van der Waals surface area (Å²) in [5, 5.41) is 3.43. The molecule has 4 nitrogen and oxygen atoms in total. The Hall–Kier alpha value is -3.11. The quantitative estimate of drug-likeness (QED) is 0.496. The topological polar surface area (TPSA) is 49.4 Å². The lowest BCUT2D eigenvalue weighted by Crippen LogP contribution is -2.36. The number of carbonyl (C=O) groups excluding carboxylic acids is 2. The first-order chi connectivity index (χ1) is 15.6. The molecule has 0 unspecified atom stereocenters. The molecule has 1 fully saturated rings. The van der Waals surface area contributed by atoms with E-state index in [1.807, 2.05) is 30.3 Å². The summed E-state index contributed by atoms with van der Waals surface area (Å²) >= 11 is 5.98. The van der Waals surface area contributed by atoms with Gasteiger partial charge in [-0.1, -0.05) is 61.2 Å². The van der Waals surface area contributed by atoms with Crippen molar-refractivity contribution in [3.8, 4) is 11.1 Å². The first-order valence-electron chi connectivity index (χ1n) is 11.2. The minimum absolute atomic E-state index is 0.166. The highest BCUT2D eigenvalue weighted by atomic mass is 35.5. The molecule has 1 aliphatic carbocycles. The van der Waals surface area contributed by atoms with Crippen molar-refractivity contribution < 1.29 is 9.59 Å². The third-order valence-electron chi connectivity index (χ3n) is 6.52. The molecule has 3 aromatic rings. The maximum atomic E-state index is 13.1. The molecule has 1 aliphatic heterocycles. The van der Waals surface area contributed by atoms with Crippen LogP contribution in [-0.4, -0.2) is 22.8 Å². The second-order valence-electron chi connectivity index (χ2n) is 8.64. The lowest BCUT2D eigenvalue weighted by Gasteiger charge is -2.30. The molecule has 0 bridgehead atoms. The van der Waals surface area contributed by atoms with E-state index in [1.165, 1.54) is 19.3 Å². The van der Waals surface area contributed by atoms with E-state index in [9.17, 15) is 9.59 Å². The number of carbonyl (C=O) groups is 2. The maximum absolute atomic E-state index is 13.1. The standard InChI is InChI=1S/C27H25ClN2O2/c28-22-6-4-5-20(15-22)26(31)29-23-13-11-18(12-14-23)19-9-10-21-17-30(27(32)25(21)16-19)24-7-2-1-3-8-24/h4-6,9-16,24H,1-3,7-8,17H2,(H,29,31). The minimum Gasteiger partial charge on any atom is -0.331 e. The molecule has 0 spiro atoms. The van der Waals surface area contributed by atoms with Crippen molar-refractivity contribution in [1.29, 1.82) is 0 Å². The summed E-state index contributed by atoms with van der Waals surface area (Å²) in [5.74, 6) is -0.0367. The molecule has 2 aliphatic rings. The average Bonchev–Trinajstić information content (AvgIpc) is 3.16. The van der Waals surface area contributed by atoms with E-state index in [4.69, 9.17) is 11.6 Å². The molecule has 0 atom stereocenters. The van der Waals surface area contributed by atoms with E-state index in [1.54, 1.807) is 24.3 Å². The van der Waals surface area contributed by atoms with Gasteiger partial charge in [0.15, 0.2) is 0 Å². The summed E-state index contributed by atoms with van der Waals surface area (Å²) in [6.45, 7) is 0.730. The summed E-state index contributed by atoms with van der Waals surface area (Å²) in [5.41, 5.74) is 5.19. The van der Waals surface area contributed by atoms with Crippen LogP contribution in [-0.2, 0) is 6.54 Å². The summed E-state index contributed by atoms with van der Waals surface area (Å²) in [7, 11) is 0. The molecule has 1 heterocycles. The Balaban J connectivity index is 1.31. The van der Waals surface area contributed by atoms with Gasteiger partial charge in [0, 0.05) is 34.4 Å². The Morgan fingerprint density at radius 2 is 1.66 bits per heavy atom. The van der Waals surface area contributed by atoms with Gasteiger partial charge in [0.25, 0.3) is 11.8 Å². The van der Waals surface area contributed by atoms with Crippen molar-refractivity contribution in [3.63, 3.8) is 0 Å². The van der Waals surface area contributed by atoms with E-state index in [0.717, 1.165) is 41.6 Å². The number of benzene rings is 3. The van der Waals surface area contributed by atoms with Crippen molar-refractivity contribution in [2.75, 3.05) is 5.32 Å². The van der Waals surface area contributed by atoms with Crippen LogP contribution in [0.4, 0.5) is 5.69 Å². The zero-order chi connectivity index (χ0) is 22.1. The highest BCUT2D eigenvalue weighted by Crippen LogP contribution is 2.33. The Morgan fingerprint density at radius 1 is 0.906 bits per heavy atom. The summed E-state index contributed by atoms with van der Waals surface area (Å²) < 4.78 is 0. The minimum atomic E-state index is -0.203. The predicted molar refractivity (Wildman–Crippen MR) is 128 cm³/mol. The van der Waals surface area contributed by atoms with Crippen LogP contribution in [0.3, 0.4) is 0 Å². The molecule has 3 aromatic carbocycles. The molecule has 0 radical (unpaired) electrons. The molecule has 5 rings (SSSR count). The van der Waals surface area contributed by atoms with E-state index in [-0.39, 0.29) is 11.8 Å². The third-order valence-corrected chi connectivity index (χ3v) is 6.76. The zero-order valence-corrected chi connectivity index (χ0v) is 18.6. The largest absolute Gasteiger partial charge is 0.331 e. The summed E-state index contributed by atoms with van der Waals surface area (Å²) in [6, 6.07) is 21.1. The van der Waals surface area contributed by atoms with Gasteiger partial charge >= 0.3 is 0 Å². The van der Waals surface area contributed by atoms with Crippen LogP contribution >= 0.6 is 11.6 Å². The number of amides is 2. The monoisotopic (exact) mass is 444 g/mol. The number of halogens is 1. The molecule has 0 aromatic heterocycles. The van der Waals surface area contributed by atoms with Crippen LogP contribution < -0.4 is 5.32 Å². The lowest BCUT2D eigenvalue weighted by molar-refractivity contribution is 0.0660. The number of hydrogen-bond acceptors (Lipinski definition) is 2. The average molecular weight is 445 g/mol. The Labute approximate surface area is 193 Å². The van der Waals surface area contributed by atoms with Gasteiger partial charge in [0.1, 0.15) is 0 Å². The Kier molecular flexibility index (Phi) is 5.71. The molecule has 0 saturated heterocycles. The van der Waals surface area contributed by atoms with Crippen molar-refractivity contribution >= 4 is 29.1 Å². The number of fused-ring (bicyclic) bond motifs is 1. The molecule has 32 heavy (non-hydrogen) atoms. The second kappa shape index (κ2) is 8.79. The molecule has 1 N–H and O–H groups in total. The van der Waals surface area contributed by atoms with Crippen molar-refractivity contribution in [1.82, 2.24) is 4.90 Å². The lowest BCUT2D eigenvalue weighted by atomic mass is 9.94. The van der Waals surface area contributed by atoms with Gasteiger partial charge in [-0.2, -0.15) is 0 Å². The van der Waals surface area contributed by atoms with Gasteiger partial charge in [0.05, 0.1) is 0 Å². The smallest absolute Gasteiger partial charge is 0.255 e. The Morgan fingerprint density at radius 3 is 2.41 bits per heavy atom. The number of nitrogens with zero attached hydrogens (tertiary/aromatic N) is 1. The van der Waals surface area contributed by atoms with Gasteiger partial charge in [-0.05, 0) is 65.9 Å². The van der Waals surface area contributed by atoms with Crippen LogP contribution in [0.25, 0.3) is 11.1 Å². The number of rotatable bonds is 4. The van der Waals surface area contributed by atoms with Gasteiger partial charge in [-0.3, -0.25) is 9.59 Å². The number of nitrogens with one attached hydrogen (secondary N) is 1. The van der Waals surface area contributed by atoms with Crippen LogP contribution in [0.2, 0.25) is 5.02 Å². The van der Waals surface area contributed by atoms with Gasteiger partial charge in [-0.25, -0.2) is 0 Å². The van der Waals surface area contributed by atoms with Gasteiger partial charge in [-0.15, -0.1) is 0 Å². The van der Waals surface area contributed by atoms with E-state index >= 15 is 0 Å². The third kappa shape index (κ3) is 4.15. The molecular formula is C27H25ClN2O2. The Bertz CT molecular complexity index is 1170. The predicted octanol–water partition coefficient (Wildman–Crippen LogP) is 6.55. The zero-order valence-electron chi connectivity index (χ0n) is 17.8. The highest BCUT2D eigenvalue weighted by Gasteiger charge is 2.33. The first kappa shape index (κ1) is 20.8.